The number of phenolic OH excluding ortho intramolecular Hbond substituents is 1. The maximum Gasteiger partial charge on any atom is 0.238 e. The van der Waals surface area contributed by atoms with E-state index in [2.05, 4.69) is 13.0 Å². The summed E-state index contributed by atoms with van der Waals surface area (Å²) in [5.74, 6) is -0.806. The van der Waals surface area contributed by atoms with Crippen molar-refractivity contribution in [1.82, 2.24) is 0 Å². The average molecular weight is 502 g/mol. The lowest BCUT2D eigenvalue weighted by molar-refractivity contribution is -0.122. The van der Waals surface area contributed by atoms with Crippen molar-refractivity contribution in [2.45, 2.75) is 45.1 Å². The van der Waals surface area contributed by atoms with Crippen molar-refractivity contribution in [3.63, 3.8) is 0 Å². The van der Waals surface area contributed by atoms with Crippen molar-refractivity contribution in [2.75, 3.05) is 25.2 Å². The maximum atomic E-state index is 13.6. The number of rotatable bonds is 9. The van der Waals surface area contributed by atoms with E-state index < -0.39 is 0 Å². The summed E-state index contributed by atoms with van der Waals surface area (Å²) < 4.78 is 11.9. The van der Waals surface area contributed by atoms with Gasteiger partial charge in [-0.25, -0.2) is 0 Å². The molecule has 37 heavy (non-hydrogen) atoms. The van der Waals surface area contributed by atoms with Gasteiger partial charge in [-0.05, 0) is 66.7 Å². The molecule has 3 aliphatic rings. The number of benzene rings is 2. The van der Waals surface area contributed by atoms with Gasteiger partial charge in [0.1, 0.15) is 5.75 Å². The zero-order valence-electron chi connectivity index (χ0n) is 21.6. The molecule has 2 aliphatic heterocycles. The van der Waals surface area contributed by atoms with Gasteiger partial charge in [-0.3, -0.25) is 14.5 Å². The van der Waals surface area contributed by atoms with Gasteiger partial charge in [-0.2, -0.15) is 0 Å². The van der Waals surface area contributed by atoms with Gasteiger partial charge < -0.3 is 14.6 Å². The second-order valence-corrected chi connectivity index (χ2v) is 10.3. The van der Waals surface area contributed by atoms with E-state index in [1.165, 1.54) is 16.0 Å². The van der Waals surface area contributed by atoms with Crippen molar-refractivity contribution in [3.8, 4) is 5.75 Å². The van der Waals surface area contributed by atoms with E-state index in [1.54, 1.807) is 19.2 Å². The van der Waals surface area contributed by atoms with Crippen molar-refractivity contribution < 1.29 is 24.2 Å². The van der Waals surface area contributed by atoms with Crippen LogP contribution in [-0.2, 0) is 19.1 Å². The minimum absolute atomic E-state index is 0.0887. The van der Waals surface area contributed by atoms with Crippen molar-refractivity contribution in [2.24, 2.45) is 17.8 Å². The normalized spacial score (nSPS) is 25.6. The molecule has 0 unspecified atom stereocenters. The molecule has 2 fully saturated rings. The van der Waals surface area contributed by atoms with Crippen LogP contribution in [0.4, 0.5) is 5.69 Å². The van der Waals surface area contributed by atoms with Crippen LogP contribution in [0.5, 0.6) is 5.75 Å². The largest absolute Gasteiger partial charge is 0.508 e. The molecule has 2 heterocycles. The Morgan fingerprint density at radius 2 is 1.89 bits per heavy atom. The molecule has 194 valence electrons. The van der Waals surface area contributed by atoms with Crippen LogP contribution in [0.2, 0.25) is 0 Å². The molecule has 2 saturated heterocycles. The number of ether oxygens (including phenoxy) is 2. The lowest BCUT2D eigenvalue weighted by Crippen LogP contribution is -2.35. The number of allylic oxidation sites excluding steroid dienone is 1. The number of hydrogen-bond donors (Lipinski definition) is 1. The third-order valence-corrected chi connectivity index (χ3v) is 7.88. The summed E-state index contributed by atoms with van der Waals surface area (Å²) in [5, 5.41) is 9.85. The van der Waals surface area contributed by atoms with Gasteiger partial charge in [0.2, 0.25) is 11.8 Å². The van der Waals surface area contributed by atoms with E-state index in [1.807, 2.05) is 42.5 Å². The van der Waals surface area contributed by atoms with Crippen molar-refractivity contribution >= 4 is 23.6 Å². The molecule has 0 radical (unpaired) electrons. The summed E-state index contributed by atoms with van der Waals surface area (Å²) >= 11 is 0. The number of anilines is 1. The number of methoxy groups -OCH3 is 1. The van der Waals surface area contributed by atoms with E-state index in [-0.39, 0.29) is 41.4 Å². The molecule has 0 spiro atoms. The Labute approximate surface area is 218 Å². The van der Waals surface area contributed by atoms with Gasteiger partial charge in [0.25, 0.3) is 0 Å². The monoisotopic (exact) mass is 501 g/mol. The van der Waals surface area contributed by atoms with Gasteiger partial charge in [-0.15, -0.1) is 0 Å². The number of imide groups is 1. The smallest absolute Gasteiger partial charge is 0.238 e. The fourth-order valence-corrected chi connectivity index (χ4v) is 6.37. The van der Waals surface area contributed by atoms with Crippen LogP contribution in [0.15, 0.2) is 71.3 Å². The molecule has 5 rings (SSSR count). The minimum atomic E-state index is -0.383. The van der Waals surface area contributed by atoms with E-state index in [0.29, 0.717) is 25.3 Å². The second-order valence-electron chi connectivity index (χ2n) is 10.3. The number of para-hydroxylation sites is 1. The molecule has 2 aromatic rings. The fraction of sp³-hybridized carbons (Fsp3) is 0.419. The number of hydrogen-bond acceptors (Lipinski definition) is 5. The van der Waals surface area contributed by atoms with E-state index in [0.717, 1.165) is 36.8 Å². The quantitative estimate of drug-likeness (QED) is 0.362. The Hall–Kier alpha value is -3.22. The van der Waals surface area contributed by atoms with Crippen LogP contribution in [0, 0.1) is 17.8 Å². The molecular formula is C31H35NO5. The molecule has 1 aliphatic carbocycles. The lowest BCUT2D eigenvalue weighted by Gasteiger charge is -2.31. The molecule has 0 saturated carbocycles. The topological polar surface area (TPSA) is 76.1 Å². The summed E-state index contributed by atoms with van der Waals surface area (Å²) in [6, 6.07) is 16.5. The number of carbonyl (C=O) groups excluding carboxylic acids is 2. The van der Waals surface area contributed by atoms with Gasteiger partial charge in [-0.1, -0.05) is 55.3 Å². The highest BCUT2D eigenvalue weighted by Gasteiger charge is 2.57. The Balaban J connectivity index is 1.38. The fourth-order valence-electron chi connectivity index (χ4n) is 6.37. The van der Waals surface area contributed by atoms with Crippen molar-refractivity contribution in [1.29, 1.82) is 0 Å². The van der Waals surface area contributed by atoms with Crippen LogP contribution < -0.4 is 4.90 Å². The lowest BCUT2D eigenvalue weighted by atomic mass is 9.69. The van der Waals surface area contributed by atoms with E-state index >= 15 is 0 Å². The van der Waals surface area contributed by atoms with E-state index in [9.17, 15) is 14.7 Å². The third kappa shape index (κ3) is 5.00. The summed E-state index contributed by atoms with van der Waals surface area (Å²) in [7, 11) is 1.68. The first kappa shape index (κ1) is 25.4. The van der Waals surface area contributed by atoms with Crippen LogP contribution in [0.3, 0.4) is 0 Å². The van der Waals surface area contributed by atoms with Gasteiger partial charge in [0.15, 0.2) is 0 Å². The number of phenols is 1. The standard InChI is InChI=1S/C31H35NO5/c1-3-8-20(15-21-9-7-12-24(33)16-21)13-14-27-28-22(18-36-2)17-25-29(26(28)19-37-27)31(35)32(30(25)34)23-10-5-4-6-11-23/h4-7,9-12,15-16,25-27,29,33H,3,8,13-14,17-19H2,1-2H3/b20-15+/t25-,26+,27-,29-/m1/s1. The molecule has 6 nitrogen and oxygen atoms in total. The molecule has 4 atom stereocenters. The first-order chi connectivity index (χ1) is 18.0. The molecule has 6 heteroatoms. The Kier molecular flexibility index (Phi) is 7.58. The number of amides is 2. The zero-order chi connectivity index (χ0) is 25.9. The first-order valence-electron chi connectivity index (χ1n) is 13.3. The SMILES string of the molecule is CCC/C(=C\c1cccc(O)c1)CC[C@H]1OC[C@H]2C1=C(COC)C[C@H]1C(=O)N(c3ccccc3)C(=O)[C@H]12. The highest BCUT2D eigenvalue weighted by atomic mass is 16.5. The maximum absolute atomic E-state index is 13.6. The van der Waals surface area contributed by atoms with Crippen molar-refractivity contribution in [3.05, 3.63) is 76.9 Å². The second kappa shape index (κ2) is 11.0. The number of aromatic hydroxyl groups is 1. The van der Waals surface area contributed by atoms with Gasteiger partial charge in [0.05, 0.1) is 36.8 Å². The minimum Gasteiger partial charge on any atom is -0.508 e. The molecule has 2 aromatic carbocycles. The zero-order valence-corrected chi connectivity index (χ0v) is 21.6. The highest BCUT2D eigenvalue weighted by Crippen LogP contribution is 2.50. The Morgan fingerprint density at radius 3 is 2.62 bits per heavy atom. The van der Waals surface area contributed by atoms with Crippen LogP contribution in [-0.4, -0.2) is 43.3 Å². The first-order valence-corrected chi connectivity index (χ1v) is 13.3. The highest BCUT2D eigenvalue weighted by molar-refractivity contribution is 6.22. The summed E-state index contributed by atoms with van der Waals surface area (Å²) in [6.07, 6.45) is 6.29. The summed E-state index contributed by atoms with van der Waals surface area (Å²) in [6.45, 7) is 3.07. The third-order valence-electron chi connectivity index (χ3n) is 7.88. The summed E-state index contributed by atoms with van der Waals surface area (Å²) in [5.41, 5.74) is 5.22. The predicted molar refractivity (Wildman–Crippen MR) is 143 cm³/mol. The van der Waals surface area contributed by atoms with Crippen LogP contribution >= 0.6 is 0 Å². The molecular weight excluding hydrogens is 466 g/mol. The molecule has 2 amide bonds. The molecule has 0 bridgehead atoms. The Morgan fingerprint density at radius 1 is 1.08 bits per heavy atom. The van der Waals surface area contributed by atoms with Gasteiger partial charge >= 0.3 is 0 Å². The summed E-state index contributed by atoms with van der Waals surface area (Å²) in [4.78, 5) is 28.4. The number of carbonyl (C=O) groups is 2. The van der Waals surface area contributed by atoms with Crippen LogP contribution in [0.25, 0.3) is 6.08 Å². The van der Waals surface area contributed by atoms with Crippen LogP contribution in [0.1, 0.15) is 44.6 Å². The average Bonchev–Trinajstić information content (AvgIpc) is 3.42. The van der Waals surface area contributed by atoms with E-state index in [4.69, 9.17) is 9.47 Å². The number of nitrogens with zero attached hydrogens (tertiary/aromatic N) is 1. The predicted octanol–water partition coefficient (Wildman–Crippen LogP) is 5.52. The molecule has 0 aromatic heterocycles. The Bertz CT molecular complexity index is 1220. The number of fused-ring (bicyclic) bond motifs is 3. The van der Waals surface area contributed by atoms with Gasteiger partial charge in [0, 0.05) is 13.0 Å². The molecule has 1 N–H and O–H groups in total.